The average molecular weight is 314 g/mol. The van der Waals surface area contributed by atoms with Gasteiger partial charge >= 0.3 is 0 Å². The standard InChI is InChI=1S/C15H14Cl2FNO/c1-8-5-15(11(9(2)19)7-14(8)18)20-10-3-4-12(16)13(17)6-10/h3-7,9H,19H2,1-2H3/t9-/m0/s1. The fraction of sp³-hybridized carbons (Fsp3) is 0.200. The molecule has 0 spiro atoms. The molecule has 0 aliphatic carbocycles. The predicted molar refractivity (Wildman–Crippen MR) is 80.3 cm³/mol. The molecule has 2 N–H and O–H groups in total. The minimum Gasteiger partial charge on any atom is -0.457 e. The highest BCUT2D eigenvalue weighted by atomic mass is 35.5. The molecule has 2 aromatic rings. The minimum absolute atomic E-state index is 0.307. The van der Waals surface area contributed by atoms with E-state index in [1.54, 1.807) is 38.1 Å². The number of ether oxygens (including phenoxy) is 1. The van der Waals surface area contributed by atoms with Crippen LogP contribution in [0.15, 0.2) is 30.3 Å². The van der Waals surface area contributed by atoms with Crippen molar-refractivity contribution in [2.75, 3.05) is 0 Å². The first-order valence-electron chi connectivity index (χ1n) is 6.07. The Hall–Kier alpha value is -1.29. The summed E-state index contributed by atoms with van der Waals surface area (Å²) < 4.78 is 19.4. The molecule has 0 aliphatic rings. The van der Waals surface area contributed by atoms with E-state index in [4.69, 9.17) is 33.7 Å². The Morgan fingerprint density at radius 1 is 1.15 bits per heavy atom. The Bertz CT molecular complexity index is 644. The first kappa shape index (κ1) is 15.1. The largest absolute Gasteiger partial charge is 0.457 e. The van der Waals surface area contributed by atoms with Crippen LogP contribution in [-0.2, 0) is 0 Å². The lowest BCUT2D eigenvalue weighted by atomic mass is 10.1. The molecule has 0 unspecified atom stereocenters. The van der Waals surface area contributed by atoms with Crippen LogP contribution in [-0.4, -0.2) is 0 Å². The van der Waals surface area contributed by atoms with Crippen LogP contribution in [0.5, 0.6) is 11.5 Å². The van der Waals surface area contributed by atoms with Gasteiger partial charge in [0.1, 0.15) is 17.3 Å². The van der Waals surface area contributed by atoms with E-state index in [0.29, 0.717) is 32.7 Å². The zero-order valence-electron chi connectivity index (χ0n) is 11.1. The van der Waals surface area contributed by atoms with Crippen LogP contribution >= 0.6 is 23.2 Å². The number of hydrogen-bond donors (Lipinski definition) is 1. The monoisotopic (exact) mass is 313 g/mol. The molecule has 106 valence electrons. The summed E-state index contributed by atoms with van der Waals surface area (Å²) in [5.74, 6) is 0.725. The molecule has 0 saturated carbocycles. The van der Waals surface area contributed by atoms with Crippen molar-refractivity contribution in [3.8, 4) is 11.5 Å². The number of halogens is 3. The summed E-state index contributed by atoms with van der Waals surface area (Å²) in [5, 5.41) is 0.840. The molecule has 0 saturated heterocycles. The van der Waals surface area contributed by atoms with E-state index in [0.717, 1.165) is 0 Å². The topological polar surface area (TPSA) is 35.2 Å². The lowest BCUT2D eigenvalue weighted by Gasteiger charge is -2.15. The third kappa shape index (κ3) is 3.23. The van der Waals surface area contributed by atoms with Crippen molar-refractivity contribution in [3.05, 3.63) is 57.3 Å². The number of benzene rings is 2. The summed E-state index contributed by atoms with van der Waals surface area (Å²) in [6.45, 7) is 3.44. The van der Waals surface area contributed by atoms with Crippen LogP contribution < -0.4 is 10.5 Å². The fourth-order valence-corrected chi connectivity index (χ4v) is 2.07. The predicted octanol–water partition coefficient (Wildman–Crippen LogP) is 5.25. The third-order valence-corrected chi connectivity index (χ3v) is 3.64. The molecule has 0 aromatic heterocycles. The van der Waals surface area contributed by atoms with Crippen molar-refractivity contribution in [2.45, 2.75) is 19.9 Å². The molecule has 20 heavy (non-hydrogen) atoms. The van der Waals surface area contributed by atoms with E-state index < -0.39 is 0 Å². The van der Waals surface area contributed by atoms with E-state index >= 15 is 0 Å². The van der Waals surface area contributed by atoms with Gasteiger partial charge in [-0.1, -0.05) is 23.2 Å². The summed E-state index contributed by atoms with van der Waals surface area (Å²) in [6, 6.07) is 7.61. The highest BCUT2D eigenvalue weighted by Gasteiger charge is 2.13. The SMILES string of the molecule is Cc1cc(Oc2ccc(Cl)c(Cl)c2)c([C@H](C)N)cc1F. The Kier molecular flexibility index (Phi) is 4.53. The van der Waals surface area contributed by atoms with Gasteiger partial charge in [0.2, 0.25) is 0 Å². The van der Waals surface area contributed by atoms with E-state index in [1.165, 1.54) is 6.07 Å². The van der Waals surface area contributed by atoms with E-state index in [-0.39, 0.29) is 11.9 Å². The molecular weight excluding hydrogens is 300 g/mol. The zero-order valence-corrected chi connectivity index (χ0v) is 12.6. The molecule has 2 aromatic carbocycles. The Balaban J connectivity index is 2.41. The third-order valence-electron chi connectivity index (χ3n) is 2.90. The number of aryl methyl sites for hydroxylation is 1. The Morgan fingerprint density at radius 3 is 2.45 bits per heavy atom. The van der Waals surface area contributed by atoms with Gasteiger partial charge in [0.15, 0.2) is 0 Å². The smallest absolute Gasteiger partial charge is 0.132 e. The maximum Gasteiger partial charge on any atom is 0.132 e. The van der Waals surface area contributed by atoms with Gasteiger partial charge < -0.3 is 10.5 Å². The van der Waals surface area contributed by atoms with Gasteiger partial charge in [-0.2, -0.15) is 0 Å². The fourth-order valence-electron chi connectivity index (χ4n) is 1.78. The second-order valence-electron chi connectivity index (χ2n) is 4.61. The maximum absolute atomic E-state index is 13.6. The molecule has 0 aliphatic heterocycles. The lowest BCUT2D eigenvalue weighted by molar-refractivity contribution is 0.468. The zero-order chi connectivity index (χ0) is 14.9. The van der Waals surface area contributed by atoms with Crippen molar-refractivity contribution in [1.82, 2.24) is 0 Å². The van der Waals surface area contributed by atoms with Crippen LogP contribution in [0.1, 0.15) is 24.1 Å². The first-order chi connectivity index (χ1) is 9.38. The van der Waals surface area contributed by atoms with Crippen LogP contribution in [0, 0.1) is 12.7 Å². The molecule has 1 atom stereocenters. The van der Waals surface area contributed by atoms with Gasteiger partial charge in [0.25, 0.3) is 0 Å². The van der Waals surface area contributed by atoms with Gasteiger partial charge in [-0.05, 0) is 43.7 Å². The minimum atomic E-state index is -0.345. The summed E-state index contributed by atoms with van der Waals surface area (Å²) >= 11 is 11.8. The molecule has 5 heteroatoms. The van der Waals surface area contributed by atoms with Gasteiger partial charge in [-0.15, -0.1) is 0 Å². The highest BCUT2D eigenvalue weighted by Crippen LogP contribution is 2.33. The van der Waals surface area contributed by atoms with Crippen molar-refractivity contribution in [2.24, 2.45) is 5.73 Å². The summed E-state index contributed by atoms with van der Waals surface area (Å²) in [5.41, 5.74) is 6.93. The van der Waals surface area contributed by atoms with Crippen LogP contribution in [0.2, 0.25) is 10.0 Å². The number of rotatable bonds is 3. The molecule has 0 radical (unpaired) electrons. The van der Waals surface area contributed by atoms with Gasteiger partial charge in [-0.25, -0.2) is 4.39 Å². The molecule has 2 nitrogen and oxygen atoms in total. The molecular formula is C15H14Cl2FNO. The quantitative estimate of drug-likeness (QED) is 0.839. The number of hydrogen-bond acceptors (Lipinski definition) is 2. The van der Waals surface area contributed by atoms with Crippen LogP contribution in [0.4, 0.5) is 4.39 Å². The van der Waals surface area contributed by atoms with Crippen LogP contribution in [0.3, 0.4) is 0 Å². The maximum atomic E-state index is 13.6. The normalized spacial score (nSPS) is 12.3. The Labute approximate surface area is 127 Å². The van der Waals surface area contributed by atoms with E-state index in [2.05, 4.69) is 0 Å². The summed E-state index contributed by atoms with van der Waals surface area (Å²) in [6.07, 6.45) is 0. The molecule has 0 bridgehead atoms. The van der Waals surface area contributed by atoms with Gasteiger partial charge in [0, 0.05) is 17.7 Å². The Morgan fingerprint density at radius 2 is 1.85 bits per heavy atom. The van der Waals surface area contributed by atoms with Crippen molar-refractivity contribution < 1.29 is 9.13 Å². The molecule has 0 heterocycles. The first-order valence-corrected chi connectivity index (χ1v) is 6.82. The second-order valence-corrected chi connectivity index (χ2v) is 5.42. The summed E-state index contributed by atoms with van der Waals surface area (Å²) in [4.78, 5) is 0. The average Bonchev–Trinajstić information content (AvgIpc) is 2.37. The molecule has 0 fully saturated rings. The molecule has 0 amide bonds. The summed E-state index contributed by atoms with van der Waals surface area (Å²) in [7, 11) is 0. The van der Waals surface area contributed by atoms with Crippen molar-refractivity contribution in [1.29, 1.82) is 0 Å². The lowest BCUT2D eigenvalue weighted by Crippen LogP contribution is -2.08. The number of nitrogens with two attached hydrogens (primary N) is 1. The van der Waals surface area contributed by atoms with Crippen LogP contribution in [0.25, 0.3) is 0 Å². The van der Waals surface area contributed by atoms with Crippen molar-refractivity contribution >= 4 is 23.2 Å². The molecule has 2 rings (SSSR count). The highest BCUT2D eigenvalue weighted by molar-refractivity contribution is 6.42. The van der Waals surface area contributed by atoms with Gasteiger partial charge in [-0.3, -0.25) is 0 Å². The van der Waals surface area contributed by atoms with Gasteiger partial charge in [0.05, 0.1) is 10.0 Å². The van der Waals surface area contributed by atoms with E-state index in [9.17, 15) is 4.39 Å². The van der Waals surface area contributed by atoms with E-state index in [1.807, 2.05) is 0 Å². The second kappa shape index (κ2) is 6.00. The van der Waals surface area contributed by atoms with Crippen molar-refractivity contribution in [3.63, 3.8) is 0 Å².